The number of likely N-dealkylation sites (N-methyl/N-ethyl adjacent to an activating group) is 2. The molecule has 5 heteroatoms. The minimum absolute atomic E-state index is 0.197. The van der Waals surface area contributed by atoms with E-state index in [-0.39, 0.29) is 12.1 Å². The number of nitrogens with zero attached hydrogens (tertiary/aromatic N) is 4. The van der Waals surface area contributed by atoms with Gasteiger partial charge in [-0.2, -0.15) is 5.10 Å². The predicted molar refractivity (Wildman–Crippen MR) is 76.2 cm³/mol. The van der Waals surface area contributed by atoms with Gasteiger partial charge in [-0.1, -0.05) is 0 Å². The largest absolute Gasteiger partial charge is 0.391 e. The van der Waals surface area contributed by atoms with E-state index in [2.05, 4.69) is 42.8 Å². The van der Waals surface area contributed by atoms with Gasteiger partial charge in [0.1, 0.15) is 0 Å². The molecule has 1 N–H and O–H groups in total. The summed E-state index contributed by atoms with van der Waals surface area (Å²) in [5, 5.41) is 15.0. The molecule has 0 bridgehead atoms. The Bertz CT molecular complexity index is 404. The number of aliphatic hydroxyl groups is 1. The zero-order chi connectivity index (χ0) is 14.0. The lowest BCUT2D eigenvalue weighted by Crippen LogP contribution is -2.55. The Morgan fingerprint density at radius 2 is 2.11 bits per heavy atom. The highest BCUT2D eigenvalue weighted by Crippen LogP contribution is 2.14. The molecule has 108 valence electrons. The van der Waals surface area contributed by atoms with E-state index >= 15 is 0 Å². The van der Waals surface area contributed by atoms with Crippen LogP contribution < -0.4 is 0 Å². The first-order valence-corrected chi connectivity index (χ1v) is 7.08. The van der Waals surface area contributed by atoms with Gasteiger partial charge >= 0.3 is 0 Å². The van der Waals surface area contributed by atoms with E-state index in [0.717, 1.165) is 25.3 Å². The molecule has 2 heterocycles. The highest BCUT2D eigenvalue weighted by Gasteiger charge is 2.29. The summed E-state index contributed by atoms with van der Waals surface area (Å²) < 4.78 is 1.94. The van der Waals surface area contributed by atoms with Crippen LogP contribution in [0.15, 0.2) is 12.3 Å². The van der Waals surface area contributed by atoms with Gasteiger partial charge in [-0.05, 0) is 34.0 Å². The quantitative estimate of drug-likeness (QED) is 0.867. The summed E-state index contributed by atoms with van der Waals surface area (Å²) in [6.45, 7) is 7.22. The van der Waals surface area contributed by atoms with Crippen LogP contribution in [-0.4, -0.2) is 70.6 Å². The van der Waals surface area contributed by atoms with Gasteiger partial charge in [0, 0.05) is 44.3 Å². The van der Waals surface area contributed by atoms with Crippen LogP contribution in [0.4, 0.5) is 0 Å². The van der Waals surface area contributed by atoms with E-state index in [1.165, 1.54) is 0 Å². The van der Waals surface area contributed by atoms with Gasteiger partial charge in [-0.15, -0.1) is 0 Å². The van der Waals surface area contributed by atoms with E-state index in [9.17, 15) is 5.11 Å². The van der Waals surface area contributed by atoms with Gasteiger partial charge in [-0.25, -0.2) is 0 Å². The van der Waals surface area contributed by atoms with Crippen LogP contribution in [0, 0.1) is 0 Å². The molecule has 5 nitrogen and oxygen atoms in total. The Kier molecular flexibility index (Phi) is 4.60. The molecule has 2 unspecified atom stereocenters. The first-order valence-electron chi connectivity index (χ1n) is 7.08. The molecule has 0 radical (unpaired) electrons. The van der Waals surface area contributed by atoms with Crippen molar-refractivity contribution < 1.29 is 5.11 Å². The fraction of sp³-hybridized carbons (Fsp3) is 0.786. The van der Waals surface area contributed by atoms with Gasteiger partial charge in [-0.3, -0.25) is 9.58 Å². The predicted octanol–water partition coefficient (Wildman–Crippen LogP) is 0.613. The molecule has 0 amide bonds. The van der Waals surface area contributed by atoms with Gasteiger partial charge in [0.15, 0.2) is 0 Å². The summed E-state index contributed by atoms with van der Waals surface area (Å²) in [5.41, 5.74) is 0.975. The van der Waals surface area contributed by atoms with Crippen LogP contribution in [0.25, 0.3) is 0 Å². The number of piperazine rings is 1. The normalized spacial score (nSPS) is 24.0. The Balaban J connectivity index is 1.97. The second-order valence-corrected chi connectivity index (χ2v) is 5.96. The van der Waals surface area contributed by atoms with Crippen LogP contribution >= 0.6 is 0 Å². The lowest BCUT2D eigenvalue weighted by molar-refractivity contribution is 0.0148. The molecule has 0 saturated carbocycles. The van der Waals surface area contributed by atoms with Crippen LogP contribution in [-0.2, 0) is 6.42 Å². The Labute approximate surface area is 115 Å². The minimum Gasteiger partial charge on any atom is -0.391 e. The molecule has 1 aliphatic heterocycles. The smallest absolute Gasteiger partial charge is 0.0763 e. The van der Waals surface area contributed by atoms with Crippen molar-refractivity contribution in [1.29, 1.82) is 0 Å². The molecule has 1 aliphatic rings. The first kappa shape index (κ1) is 14.5. The van der Waals surface area contributed by atoms with Gasteiger partial charge < -0.3 is 10.0 Å². The number of aliphatic hydroxyl groups excluding tert-OH is 1. The summed E-state index contributed by atoms with van der Waals surface area (Å²) in [6, 6.07) is 2.58. The van der Waals surface area contributed by atoms with Crippen molar-refractivity contribution >= 4 is 0 Å². The molecular formula is C14H26N4O. The fourth-order valence-corrected chi connectivity index (χ4v) is 2.58. The second kappa shape index (κ2) is 6.03. The number of rotatable bonds is 4. The summed E-state index contributed by atoms with van der Waals surface area (Å²) in [4.78, 5) is 4.53. The van der Waals surface area contributed by atoms with Crippen LogP contribution in [0.1, 0.15) is 25.6 Å². The van der Waals surface area contributed by atoms with Crippen molar-refractivity contribution in [3.8, 4) is 0 Å². The standard InChI is InChI=1S/C14H26N4O/c1-11(2)18-6-5-12(15-18)9-14(19)13-10-16(3)7-8-17(13)4/h5-6,11,13-14,19H,7-10H2,1-4H3. The Morgan fingerprint density at radius 3 is 2.74 bits per heavy atom. The van der Waals surface area contributed by atoms with Gasteiger partial charge in [0.2, 0.25) is 0 Å². The molecule has 2 atom stereocenters. The molecular weight excluding hydrogens is 240 g/mol. The topological polar surface area (TPSA) is 44.5 Å². The maximum Gasteiger partial charge on any atom is 0.0763 e. The molecule has 1 fully saturated rings. The third kappa shape index (κ3) is 3.55. The van der Waals surface area contributed by atoms with Crippen LogP contribution in [0.5, 0.6) is 0 Å². The summed E-state index contributed by atoms with van der Waals surface area (Å²) in [5.74, 6) is 0. The van der Waals surface area contributed by atoms with Crippen LogP contribution in [0.3, 0.4) is 0 Å². The first-order chi connectivity index (χ1) is 8.97. The molecule has 0 aromatic carbocycles. The average Bonchev–Trinajstić information content (AvgIpc) is 2.80. The lowest BCUT2D eigenvalue weighted by atomic mass is 10.0. The Hall–Kier alpha value is -0.910. The number of hydrogen-bond donors (Lipinski definition) is 1. The monoisotopic (exact) mass is 266 g/mol. The van der Waals surface area contributed by atoms with Crippen molar-refractivity contribution in [1.82, 2.24) is 19.6 Å². The average molecular weight is 266 g/mol. The maximum absolute atomic E-state index is 10.4. The second-order valence-electron chi connectivity index (χ2n) is 5.96. The number of hydrogen-bond acceptors (Lipinski definition) is 4. The van der Waals surface area contributed by atoms with Crippen molar-refractivity contribution in [2.45, 2.75) is 38.5 Å². The highest BCUT2D eigenvalue weighted by atomic mass is 16.3. The molecule has 0 spiro atoms. The fourth-order valence-electron chi connectivity index (χ4n) is 2.58. The molecule has 2 rings (SSSR count). The van der Waals surface area contributed by atoms with Gasteiger partial charge in [0.25, 0.3) is 0 Å². The summed E-state index contributed by atoms with van der Waals surface area (Å²) >= 11 is 0. The third-order valence-electron chi connectivity index (χ3n) is 3.95. The SMILES string of the molecule is CC(C)n1ccc(CC(O)C2CN(C)CCN2C)n1. The van der Waals surface area contributed by atoms with E-state index in [0.29, 0.717) is 12.5 Å². The molecule has 19 heavy (non-hydrogen) atoms. The lowest BCUT2D eigenvalue weighted by Gasteiger charge is -2.40. The molecule has 1 aromatic heterocycles. The number of aromatic nitrogens is 2. The third-order valence-corrected chi connectivity index (χ3v) is 3.95. The van der Waals surface area contributed by atoms with Crippen molar-refractivity contribution in [2.75, 3.05) is 33.7 Å². The summed E-state index contributed by atoms with van der Waals surface area (Å²) in [7, 11) is 4.20. The van der Waals surface area contributed by atoms with E-state index in [1.807, 2.05) is 16.9 Å². The molecule has 1 saturated heterocycles. The van der Waals surface area contributed by atoms with Gasteiger partial charge in [0.05, 0.1) is 11.8 Å². The van der Waals surface area contributed by atoms with Crippen molar-refractivity contribution in [3.05, 3.63) is 18.0 Å². The highest BCUT2D eigenvalue weighted by molar-refractivity contribution is 5.03. The van der Waals surface area contributed by atoms with Crippen LogP contribution in [0.2, 0.25) is 0 Å². The Morgan fingerprint density at radius 1 is 1.37 bits per heavy atom. The van der Waals surface area contributed by atoms with E-state index in [4.69, 9.17) is 0 Å². The minimum atomic E-state index is -0.358. The molecule has 1 aromatic rings. The van der Waals surface area contributed by atoms with Crippen molar-refractivity contribution in [3.63, 3.8) is 0 Å². The molecule has 0 aliphatic carbocycles. The van der Waals surface area contributed by atoms with E-state index in [1.54, 1.807) is 0 Å². The van der Waals surface area contributed by atoms with Crippen molar-refractivity contribution in [2.24, 2.45) is 0 Å². The zero-order valence-electron chi connectivity index (χ0n) is 12.5. The maximum atomic E-state index is 10.4. The zero-order valence-corrected chi connectivity index (χ0v) is 12.5. The summed E-state index contributed by atoms with van der Waals surface area (Å²) in [6.07, 6.45) is 2.26. The van der Waals surface area contributed by atoms with E-state index < -0.39 is 0 Å².